The van der Waals surface area contributed by atoms with Gasteiger partial charge in [0.2, 0.25) is 5.91 Å². The molecule has 0 unspecified atom stereocenters. The number of nitrogens with zero attached hydrogens (tertiary/aromatic N) is 1. The summed E-state index contributed by atoms with van der Waals surface area (Å²) >= 11 is 0. The normalized spacial score (nSPS) is 10.6. The third-order valence-corrected chi connectivity index (χ3v) is 2.47. The summed E-state index contributed by atoms with van der Waals surface area (Å²) in [5.74, 6) is -0.144. The fourth-order valence-corrected chi connectivity index (χ4v) is 1.41. The minimum Gasteiger partial charge on any atom is -0.368 e. The zero-order valence-corrected chi connectivity index (χ0v) is 11.5. The Labute approximate surface area is 113 Å². The molecule has 0 fully saturated rings. The van der Waals surface area contributed by atoms with Crippen molar-refractivity contribution in [2.24, 2.45) is 0 Å². The molecule has 0 aliphatic heterocycles. The third kappa shape index (κ3) is 5.40. The molecule has 0 aliphatic rings. The zero-order valence-electron chi connectivity index (χ0n) is 11.5. The van der Waals surface area contributed by atoms with Crippen LogP contribution in [0.1, 0.15) is 19.4 Å². The SMILES string of the molecule is CNC(=O)COCc1ccc(NC(C)(C)C#N)cc1. The molecule has 5 heteroatoms. The first-order valence-corrected chi connectivity index (χ1v) is 6.03. The molecule has 5 nitrogen and oxygen atoms in total. The van der Waals surface area contributed by atoms with Crippen molar-refractivity contribution >= 4 is 11.6 Å². The molecule has 2 N–H and O–H groups in total. The van der Waals surface area contributed by atoms with Crippen LogP contribution in [0, 0.1) is 11.3 Å². The molecule has 1 amide bonds. The lowest BCUT2D eigenvalue weighted by Crippen LogP contribution is -2.28. The number of likely N-dealkylation sites (N-methyl/N-ethyl adjacent to an activating group) is 1. The predicted molar refractivity (Wildman–Crippen MR) is 73.5 cm³/mol. The van der Waals surface area contributed by atoms with Gasteiger partial charge in [-0.3, -0.25) is 4.79 Å². The number of carbonyl (C=O) groups is 1. The summed E-state index contributed by atoms with van der Waals surface area (Å²) < 4.78 is 5.25. The molecule has 0 bridgehead atoms. The van der Waals surface area contributed by atoms with Crippen molar-refractivity contribution < 1.29 is 9.53 Å². The summed E-state index contributed by atoms with van der Waals surface area (Å²) in [4.78, 5) is 11.0. The highest BCUT2D eigenvalue weighted by Gasteiger charge is 2.15. The van der Waals surface area contributed by atoms with E-state index in [0.717, 1.165) is 11.3 Å². The first kappa shape index (κ1) is 15.0. The first-order valence-electron chi connectivity index (χ1n) is 6.03. The van der Waals surface area contributed by atoms with Crippen LogP contribution in [0.5, 0.6) is 0 Å². The van der Waals surface area contributed by atoms with Gasteiger partial charge in [0.15, 0.2) is 0 Å². The molecule has 0 aliphatic carbocycles. The average Bonchev–Trinajstić information content (AvgIpc) is 2.40. The highest BCUT2D eigenvalue weighted by molar-refractivity contribution is 5.76. The largest absolute Gasteiger partial charge is 0.368 e. The minimum atomic E-state index is -0.600. The van der Waals surface area contributed by atoms with E-state index in [2.05, 4.69) is 16.7 Å². The van der Waals surface area contributed by atoms with E-state index in [9.17, 15) is 4.79 Å². The zero-order chi connectivity index (χ0) is 14.3. The van der Waals surface area contributed by atoms with Gasteiger partial charge < -0.3 is 15.4 Å². The molecule has 0 spiro atoms. The molecular formula is C14H19N3O2. The maximum atomic E-state index is 11.0. The van der Waals surface area contributed by atoms with Gasteiger partial charge in [-0.1, -0.05) is 12.1 Å². The molecule has 1 aromatic carbocycles. The highest BCUT2D eigenvalue weighted by atomic mass is 16.5. The summed E-state index contributed by atoms with van der Waals surface area (Å²) in [6.07, 6.45) is 0. The predicted octanol–water partition coefficient (Wildman–Crippen LogP) is 1.66. The molecule has 0 heterocycles. The van der Waals surface area contributed by atoms with E-state index >= 15 is 0 Å². The fraction of sp³-hybridized carbons (Fsp3) is 0.429. The maximum Gasteiger partial charge on any atom is 0.245 e. The second kappa shape index (κ2) is 6.76. The van der Waals surface area contributed by atoms with Gasteiger partial charge >= 0.3 is 0 Å². The second-order valence-corrected chi connectivity index (χ2v) is 4.72. The molecule has 19 heavy (non-hydrogen) atoms. The van der Waals surface area contributed by atoms with Crippen molar-refractivity contribution in [3.63, 3.8) is 0 Å². The van der Waals surface area contributed by atoms with Crippen LogP contribution in [-0.2, 0) is 16.1 Å². The van der Waals surface area contributed by atoms with E-state index in [1.807, 2.05) is 38.1 Å². The van der Waals surface area contributed by atoms with Crippen LogP contribution < -0.4 is 10.6 Å². The molecule has 1 aromatic rings. The summed E-state index contributed by atoms with van der Waals surface area (Å²) in [6, 6.07) is 9.76. The number of nitrogens with one attached hydrogen (secondary N) is 2. The van der Waals surface area contributed by atoms with Crippen LogP contribution in [0.3, 0.4) is 0 Å². The van der Waals surface area contributed by atoms with Gasteiger partial charge in [0, 0.05) is 12.7 Å². The number of anilines is 1. The van der Waals surface area contributed by atoms with Crippen molar-refractivity contribution in [3.8, 4) is 6.07 Å². The average molecular weight is 261 g/mol. The lowest BCUT2D eigenvalue weighted by atomic mass is 10.1. The van der Waals surface area contributed by atoms with Crippen LogP contribution in [0.2, 0.25) is 0 Å². The number of hydrogen-bond donors (Lipinski definition) is 2. The molecule has 0 saturated carbocycles. The molecule has 0 saturated heterocycles. The smallest absolute Gasteiger partial charge is 0.245 e. The molecule has 102 valence electrons. The van der Waals surface area contributed by atoms with Crippen molar-refractivity contribution in [1.82, 2.24) is 5.32 Å². The van der Waals surface area contributed by atoms with Gasteiger partial charge in [0.05, 0.1) is 12.7 Å². The Kier molecular flexibility index (Phi) is 5.34. The Morgan fingerprint density at radius 1 is 1.37 bits per heavy atom. The quantitative estimate of drug-likeness (QED) is 0.816. The van der Waals surface area contributed by atoms with E-state index in [1.165, 1.54) is 0 Å². The molecule has 0 atom stereocenters. The Bertz CT molecular complexity index is 461. The van der Waals surface area contributed by atoms with E-state index in [0.29, 0.717) is 6.61 Å². The van der Waals surface area contributed by atoms with Crippen LogP contribution in [0.25, 0.3) is 0 Å². The van der Waals surface area contributed by atoms with E-state index in [4.69, 9.17) is 10.00 Å². The van der Waals surface area contributed by atoms with E-state index < -0.39 is 5.54 Å². The van der Waals surface area contributed by atoms with E-state index in [1.54, 1.807) is 7.05 Å². The van der Waals surface area contributed by atoms with Gasteiger partial charge in [-0.2, -0.15) is 5.26 Å². The van der Waals surface area contributed by atoms with E-state index in [-0.39, 0.29) is 12.5 Å². The lowest BCUT2D eigenvalue weighted by Gasteiger charge is -2.19. The molecule has 0 radical (unpaired) electrons. The maximum absolute atomic E-state index is 11.0. The second-order valence-electron chi connectivity index (χ2n) is 4.72. The van der Waals surface area contributed by atoms with Crippen LogP contribution in [-0.4, -0.2) is 25.1 Å². The van der Waals surface area contributed by atoms with Gasteiger partial charge in [0.1, 0.15) is 12.1 Å². The van der Waals surface area contributed by atoms with Crippen molar-refractivity contribution in [1.29, 1.82) is 5.26 Å². The Morgan fingerprint density at radius 2 is 2.00 bits per heavy atom. The Balaban J connectivity index is 2.48. The Hall–Kier alpha value is -2.06. The van der Waals surface area contributed by atoms with Gasteiger partial charge in [-0.25, -0.2) is 0 Å². The number of hydrogen-bond acceptors (Lipinski definition) is 4. The standard InChI is InChI=1S/C14H19N3O2/c1-14(2,10-15)17-12-6-4-11(5-7-12)8-19-9-13(18)16-3/h4-7,17H,8-9H2,1-3H3,(H,16,18). The molecular weight excluding hydrogens is 242 g/mol. The molecule has 1 rings (SSSR count). The number of carbonyl (C=O) groups excluding carboxylic acids is 1. The lowest BCUT2D eigenvalue weighted by molar-refractivity contribution is -0.125. The van der Waals surface area contributed by atoms with Crippen molar-refractivity contribution in [2.75, 3.05) is 19.0 Å². The Morgan fingerprint density at radius 3 is 2.53 bits per heavy atom. The minimum absolute atomic E-state index is 0.0535. The van der Waals surface area contributed by atoms with Gasteiger partial charge in [-0.15, -0.1) is 0 Å². The monoisotopic (exact) mass is 261 g/mol. The summed E-state index contributed by atoms with van der Waals surface area (Å²) in [5, 5.41) is 14.5. The van der Waals surface area contributed by atoms with Crippen LogP contribution in [0.15, 0.2) is 24.3 Å². The van der Waals surface area contributed by atoms with Crippen LogP contribution >= 0.6 is 0 Å². The number of benzene rings is 1. The van der Waals surface area contributed by atoms with Crippen molar-refractivity contribution in [3.05, 3.63) is 29.8 Å². The summed E-state index contributed by atoms with van der Waals surface area (Å²) in [7, 11) is 1.57. The number of ether oxygens (including phenoxy) is 1. The molecule has 0 aromatic heterocycles. The highest BCUT2D eigenvalue weighted by Crippen LogP contribution is 2.15. The van der Waals surface area contributed by atoms with Gasteiger partial charge in [0.25, 0.3) is 0 Å². The third-order valence-electron chi connectivity index (χ3n) is 2.47. The fourth-order valence-electron chi connectivity index (χ4n) is 1.41. The van der Waals surface area contributed by atoms with Crippen LogP contribution in [0.4, 0.5) is 5.69 Å². The topological polar surface area (TPSA) is 74.2 Å². The van der Waals surface area contributed by atoms with Gasteiger partial charge in [-0.05, 0) is 31.5 Å². The summed E-state index contributed by atoms with van der Waals surface area (Å²) in [6.45, 7) is 4.06. The summed E-state index contributed by atoms with van der Waals surface area (Å²) in [5.41, 5.74) is 1.25. The van der Waals surface area contributed by atoms with Crippen molar-refractivity contribution in [2.45, 2.75) is 26.0 Å². The number of rotatable bonds is 6. The number of nitriles is 1. The first-order chi connectivity index (χ1) is 8.96. The number of amides is 1.